The van der Waals surface area contributed by atoms with Crippen molar-refractivity contribution in [3.8, 4) is 5.75 Å². The minimum Gasteiger partial charge on any atom is -0.489 e. The molecule has 5 unspecified atom stereocenters. The van der Waals surface area contributed by atoms with Crippen LogP contribution in [0.15, 0.2) is 36.5 Å². The smallest absolute Gasteiger partial charge is 0.216 e. The van der Waals surface area contributed by atoms with Gasteiger partial charge in [0.1, 0.15) is 18.3 Å². The molecule has 2 aliphatic heterocycles. The van der Waals surface area contributed by atoms with E-state index >= 15 is 0 Å². The van der Waals surface area contributed by atoms with Gasteiger partial charge in [-0.2, -0.15) is 4.72 Å². The first kappa shape index (κ1) is 34.8. The summed E-state index contributed by atoms with van der Waals surface area (Å²) in [5.41, 5.74) is 4.69. The first-order chi connectivity index (χ1) is 22.4. The van der Waals surface area contributed by atoms with Crippen molar-refractivity contribution in [2.75, 3.05) is 13.2 Å². The number of aryl methyl sites for hydroxylation is 2. The van der Waals surface area contributed by atoms with Crippen LogP contribution in [0.4, 0.5) is 0 Å². The van der Waals surface area contributed by atoms with Gasteiger partial charge in [0.2, 0.25) is 10.0 Å². The van der Waals surface area contributed by atoms with Crippen molar-refractivity contribution in [1.82, 2.24) is 25.2 Å². The molecule has 0 spiro atoms. The van der Waals surface area contributed by atoms with Crippen molar-refractivity contribution < 1.29 is 17.9 Å². The van der Waals surface area contributed by atoms with Crippen LogP contribution in [0, 0.1) is 25.2 Å². The minimum absolute atomic E-state index is 0.0503. The summed E-state index contributed by atoms with van der Waals surface area (Å²) in [5.74, 6) is 1.12. The van der Waals surface area contributed by atoms with Gasteiger partial charge in [-0.3, -0.25) is 20.5 Å². The molecule has 2 aromatic rings. The topological polar surface area (TPSA) is 105 Å². The highest BCUT2D eigenvalue weighted by atomic mass is 32.2. The van der Waals surface area contributed by atoms with E-state index in [1.54, 1.807) is 0 Å². The molecule has 3 N–H and O–H groups in total. The van der Waals surface area contributed by atoms with Gasteiger partial charge < -0.3 is 9.47 Å². The maximum atomic E-state index is 13.9. The van der Waals surface area contributed by atoms with Crippen LogP contribution in [-0.2, 0) is 21.3 Å². The molecule has 1 aromatic carbocycles. The van der Waals surface area contributed by atoms with Crippen molar-refractivity contribution in [1.29, 1.82) is 0 Å². The molecule has 4 bridgehead atoms. The van der Waals surface area contributed by atoms with E-state index in [2.05, 4.69) is 85.2 Å². The van der Waals surface area contributed by atoms with E-state index in [9.17, 15) is 8.42 Å². The van der Waals surface area contributed by atoms with E-state index in [1.807, 2.05) is 6.20 Å². The second kappa shape index (κ2) is 14.8. The predicted octanol–water partition coefficient (Wildman–Crippen LogP) is 6.07. The Kier molecular flexibility index (Phi) is 11.0. The highest BCUT2D eigenvalue weighted by Gasteiger charge is 2.39. The number of hydrogen-bond donors (Lipinski definition) is 3. The lowest BCUT2D eigenvalue weighted by Gasteiger charge is -2.41. The molecule has 4 fully saturated rings. The van der Waals surface area contributed by atoms with E-state index in [4.69, 9.17) is 14.5 Å². The summed E-state index contributed by atoms with van der Waals surface area (Å²) in [5, 5.41) is 6.64. The number of benzene rings is 1. The monoisotopic (exact) mass is 667 g/mol. The molecule has 0 amide bonds. The number of aromatic nitrogens is 1. The van der Waals surface area contributed by atoms with Gasteiger partial charge in [0, 0.05) is 31.6 Å². The molecule has 260 valence electrons. The van der Waals surface area contributed by atoms with Crippen LogP contribution in [0.1, 0.15) is 113 Å². The van der Waals surface area contributed by atoms with Crippen molar-refractivity contribution in [2.45, 2.75) is 141 Å². The number of rotatable bonds is 6. The van der Waals surface area contributed by atoms with E-state index < -0.39 is 21.6 Å². The van der Waals surface area contributed by atoms with Crippen LogP contribution in [0.2, 0.25) is 0 Å². The van der Waals surface area contributed by atoms with E-state index in [0.717, 1.165) is 50.1 Å². The molecule has 9 nitrogen and oxygen atoms in total. The highest BCUT2D eigenvalue weighted by Crippen LogP contribution is 2.34. The zero-order chi connectivity index (χ0) is 33.2. The Hall–Kier alpha value is -2.08. The highest BCUT2D eigenvalue weighted by molar-refractivity contribution is 7.90. The van der Waals surface area contributed by atoms with Crippen molar-refractivity contribution in [3.63, 3.8) is 0 Å². The van der Waals surface area contributed by atoms with Gasteiger partial charge in [-0.1, -0.05) is 45.4 Å². The van der Waals surface area contributed by atoms with Crippen LogP contribution in [0.5, 0.6) is 5.75 Å². The van der Waals surface area contributed by atoms with Crippen LogP contribution in [0.25, 0.3) is 0 Å². The van der Waals surface area contributed by atoms with Crippen LogP contribution in [-0.4, -0.2) is 61.4 Å². The second-order valence-corrected chi connectivity index (χ2v) is 17.8. The summed E-state index contributed by atoms with van der Waals surface area (Å²) >= 11 is 0. The third-order valence-electron chi connectivity index (χ3n) is 10.6. The molecule has 2 aliphatic carbocycles. The van der Waals surface area contributed by atoms with E-state index in [-0.39, 0.29) is 29.6 Å². The lowest BCUT2D eigenvalue weighted by Crippen LogP contribution is -2.64. The first-order valence-corrected chi connectivity index (χ1v) is 19.5. The standard InChI is InChI=1S/C37H57N5O4S/c1-25-10-8-11-26(2)35(25)33-19-34-40-36(39-33)41-47(43,44)32-15-9-12-27(18-32)22-42(29(24-45-34)20-37(3,4)5)23-28-16-17-31(21-38-28)46-30-13-6-7-14-30/h8,10-11,16-17,21,27,29-30,32-34,36,39-41H,6-7,9,12-15,18-20,22-24H2,1-5H3/t27?,29-,32?,33?,34?,36?/m1/s1. The van der Waals surface area contributed by atoms with Gasteiger partial charge in [-0.25, -0.2) is 8.42 Å². The number of ether oxygens (including phenoxy) is 2. The average molecular weight is 668 g/mol. The number of nitrogens with zero attached hydrogens (tertiary/aromatic N) is 2. The molecule has 6 atom stereocenters. The molecule has 4 aliphatic rings. The summed E-state index contributed by atoms with van der Waals surface area (Å²) in [6, 6.07) is 10.6. The summed E-state index contributed by atoms with van der Waals surface area (Å²) in [6.45, 7) is 13.2. The molecule has 0 radical (unpaired) electrons. The Morgan fingerprint density at radius 2 is 1.74 bits per heavy atom. The minimum atomic E-state index is -3.58. The Morgan fingerprint density at radius 1 is 0.979 bits per heavy atom. The third-order valence-corrected chi connectivity index (χ3v) is 12.5. The fraction of sp³-hybridized carbons (Fsp3) is 0.703. The van der Waals surface area contributed by atoms with Gasteiger partial charge in [0.25, 0.3) is 0 Å². The summed E-state index contributed by atoms with van der Waals surface area (Å²) in [7, 11) is -3.58. The van der Waals surface area contributed by atoms with Crippen molar-refractivity contribution in [3.05, 3.63) is 58.9 Å². The van der Waals surface area contributed by atoms with Crippen molar-refractivity contribution >= 4 is 10.0 Å². The molecule has 2 saturated carbocycles. The number of nitrogens with one attached hydrogen (secondary N) is 3. The van der Waals surface area contributed by atoms with Crippen LogP contribution < -0.4 is 20.1 Å². The molecule has 10 heteroatoms. The molecule has 6 rings (SSSR count). The lowest BCUT2D eigenvalue weighted by atomic mass is 9.85. The quantitative estimate of drug-likeness (QED) is 0.341. The number of pyridine rings is 1. The number of hydrogen-bond acceptors (Lipinski definition) is 8. The zero-order valence-corrected chi connectivity index (χ0v) is 30.0. The fourth-order valence-electron chi connectivity index (χ4n) is 8.38. The zero-order valence-electron chi connectivity index (χ0n) is 29.1. The molecule has 47 heavy (non-hydrogen) atoms. The summed E-state index contributed by atoms with van der Waals surface area (Å²) < 4.78 is 43.8. The average Bonchev–Trinajstić information content (AvgIpc) is 3.52. The largest absolute Gasteiger partial charge is 0.489 e. The van der Waals surface area contributed by atoms with Gasteiger partial charge in [-0.15, -0.1) is 0 Å². The predicted molar refractivity (Wildman–Crippen MR) is 186 cm³/mol. The number of sulfonamides is 1. The lowest BCUT2D eigenvalue weighted by molar-refractivity contribution is -0.0517. The third kappa shape index (κ3) is 9.13. The molecule has 3 heterocycles. The molecular weight excluding hydrogens is 611 g/mol. The van der Waals surface area contributed by atoms with Gasteiger partial charge in [0.15, 0.2) is 0 Å². The summed E-state index contributed by atoms with van der Waals surface area (Å²) in [6.07, 6.45) is 10.9. The van der Waals surface area contributed by atoms with Crippen LogP contribution >= 0.6 is 0 Å². The maximum Gasteiger partial charge on any atom is 0.216 e. The molecule has 1 aromatic heterocycles. The van der Waals surface area contributed by atoms with Gasteiger partial charge in [0.05, 0.1) is 29.9 Å². The van der Waals surface area contributed by atoms with E-state index in [1.165, 1.54) is 29.5 Å². The van der Waals surface area contributed by atoms with Gasteiger partial charge >= 0.3 is 0 Å². The Labute approximate surface area is 283 Å². The Bertz CT molecular complexity index is 1420. The SMILES string of the molecule is Cc1cccc(C)c1C1CC2NC(N1)NS(=O)(=O)C1CCCC(C1)CN(Cc1ccc(OC3CCCC3)cn1)[C@H](CC(C)(C)C)CO2. The fourth-order valence-corrected chi connectivity index (χ4v) is 10.0. The molecule has 2 saturated heterocycles. The Morgan fingerprint density at radius 3 is 2.45 bits per heavy atom. The number of fused-ring (bicyclic) bond motifs is 4. The van der Waals surface area contributed by atoms with Crippen molar-refractivity contribution in [2.24, 2.45) is 11.3 Å². The Balaban J connectivity index is 1.29. The van der Waals surface area contributed by atoms with Crippen LogP contribution in [0.3, 0.4) is 0 Å². The maximum absolute atomic E-state index is 13.9. The summed E-state index contributed by atoms with van der Waals surface area (Å²) in [4.78, 5) is 7.41. The molecular formula is C37H57N5O4S. The van der Waals surface area contributed by atoms with Gasteiger partial charge in [-0.05, 0) is 105 Å². The second-order valence-electron chi connectivity index (χ2n) is 15.9. The first-order valence-electron chi connectivity index (χ1n) is 18.0. The van der Waals surface area contributed by atoms with E-state index in [0.29, 0.717) is 38.5 Å². The normalized spacial score (nSPS) is 31.0.